The molecule has 0 atom stereocenters. The molecule has 0 fully saturated rings. The number of nitrogens with one attached hydrogen (secondary N) is 1. The van der Waals surface area contributed by atoms with Gasteiger partial charge in [-0.05, 0) is 31.5 Å². The molecule has 2 heteroatoms. The van der Waals surface area contributed by atoms with Crippen molar-refractivity contribution in [1.29, 1.82) is 0 Å². The SMILES string of the molecule is CCNCCC(C)(C)CN. The van der Waals surface area contributed by atoms with Gasteiger partial charge in [0.25, 0.3) is 0 Å². The van der Waals surface area contributed by atoms with Gasteiger partial charge in [-0.25, -0.2) is 0 Å². The van der Waals surface area contributed by atoms with Crippen LogP contribution in [0.2, 0.25) is 0 Å². The highest BCUT2D eigenvalue weighted by molar-refractivity contribution is 4.69. The topological polar surface area (TPSA) is 38.0 Å². The molecule has 0 amide bonds. The Morgan fingerprint density at radius 2 is 2.00 bits per heavy atom. The van der Waals surface area contributed by atoms with Crippen molar-refractivity contribution in [1.82, 2.24) is 5.32 Å². The standard InChI is InChI=1S/C8H20N2/c1-4-10-6-5-8(2,3)7-9/h10H,4-7,9H2,1-3H3. The molecule has 0 radical (unpaired) electrons. The highest BCUT2D eigenvalue weighted by Gasteiger charge is 2.13. The van der Waals surface area contributed by atoms with E-state index in [-0.39, 0.29) is 0 Å². The van der Waals surface area contributed by atoms with Crippen molar-refractivity contribution in [2.45, 2.75) is 27.2 Å². The average molecular weight is 144 g/mol. The van der Waals surface area contributed by atoms with Gasteiger partial charge in [0.15, 0.2) is 0 Å². The minimum atomic E-state index is 0.308. The van der Waals surface area contributed by atoms with Crippen LogP contribution in [0, 0.1) is 5.41 Å². The molecule has 0 bridgehead atoms. The molecule has 0 aliphatic carbocycles. The molecule has 0 aromatic rings. The van der Waals surface area contributed by atoms with E-state index in [4.69, 9.17) is 5.73 Å². The number of nitrogens with two attached hydrogens (primary N) is 1. The summed E-state index contributed by atoms with van der Waals surface area (Å²) in [4.78, 5) is 0. The van der Waals surface area contributed by atoms with E-state index in [1.165, 1.54) is 0 Å². The highest BCUT2D eigenvalue weighted by atomic mass is 14.8. The van der Waals surface area contributed by atoms with Crippen LogP contribution in [0.3, 0.4) is 0 Å². The second kappa shape index (κ2) is 4.69. The molecular weight excluding hydrogens is 124 g/mol. The van der Waals surface area contributed by atoms with Gasteiger partial charge in [0.1, 0.15) is 0 Å². The quantitative estimate of drug-likeness (QED) is 0.564. The van der Waals surface area contributed by atoms with Gasteiger partial charge < -0.3 is 11.1 Å². The van der Waals surface area contributed by atoms with Gasteiger partial charge in [0, 0.05) is 0 Å². The van der Waals surface area contributed by atoms with E-state index in [0.29, 0.717) is 5.41 Å². The maximum atomic E-state index is 5.56. The van der Waals surface area contributed by atoms with Crippen LogP contribution in [0.5, 0.6) is 0 Å². The molecule has 0 aliphatic heterocycles. The summed E-state index contributed by atoms with van der Waals surface area (Å²) >= 11 is 0. The van der Waals surface area contributed by atoms with Crippen LogP contribution in [0.25, 0.3) is 0 Å². The van der Waals surface area contributed by atoms with Gasteiger partial charge in [0.2, 0.25) is 0 Å². The maximum absolute atomic E-state index is 5.56. The summed E-state index contributed by atoms with van der Waals surface area (Å²) in [7, 11) is 0. The van der Waals surface area contributed by atoms with Crippen molar-refractivity contribution in [3.8, 4) is 0 Å². The Labute approximate surface area is 64.2 Å². The van der Waals surface area contributed by atoms with Crippen LogP contribution in [0.15, 0.2) is 0 Å². The van der Waals surface area contributed by atoms with Gasteiger partial charge in [-0.15, -0.1) is 0 Å². The third-order valence-corrected chi connectivity index (χ3v) is 1.78. The molecule has 0 rings (SSSR count). The summed E-state index contributed by atoms with van der Waals surface area (Å²) in [5.41, 5.74) is 5.87. The van der Waals surface area contributed by atoms with Crippen LogP contribution in [0.4, 0.5) is 0 Å². The molecule has 0 saturated heterocycles. The zero-order chi connectivity index (χ0) is 8.04. The molecule has 0 aliphatic rings. The fraction of sp³-hybridized carbons (Fsp3) is 1.00. The van der Waals surface area contributed by atoms with Crippen LogP contribution in [-0.2, 0) is 0 Å². The van der Waals surface area contributed by atoms with E-state index in [9.17, 15) is 0 Å². The first-order valence-corrected chi connectivity index (χ1v) is 4.03. The molecule has 10 heavy (non-hydrogen) atoms. The Hall–Kier alpha value is -0.0800. The fourth-order valence-corrected chi connectivity index (χ4v) is 0.706. The van der Waals surface area contributed by atoms with E-state index in [0.717, 1.165) is 26.1 Å². The molecule has 0 saturated carbocycles. The monoisotopic (exact) mass is 144 g/mol. The molecule has 2 nitrogen and oxygen atoms in total. The number of hydrogen-bond donors (Lipinski definition) is 2. The van der Waals surface area contributed by atoms with Crippen molar-refractivity contribution >= 4 is 0 Å². The van der Waals surface area contributed by atoms with Crippen LogP contribution in [-0.4, -0.2) is 19.6 Å². The molecule has 0 heterocycles. The smallest absolute Gasteiger partial charge is 0.00253 e. The lowest BCUT2D eigenvalue weighted by atomic mass is 9.90. The Balaban J connectivity index is 3.28. The van der Waals surface area contributed by atoms with Gasteiger partial charge in [-0.2, -0.15) is 0 Å². The van der Waals surface area contributed by atoms with E-state index < -0.39 is 0 Å². The van der Waals surface area contributed by atoms with Gasteiger partial charge >= 0.3 is 0 Å². The largest absolute Gasteiger partial charge is 0.330 e. The molecule has 0 aromatic heterocycles. The number of rotatable bonds is 5. The van der Waals surface area contributed by atoms with E-state index in [2.05, 4.69) is 26.1 Å². The Morgan fingerprint density at radius 3 is 2.40 bits per heavy atom. The number of hydrogen-bond acceptors (Lipinski definition) is 2. The second-order valence-corrected chi connectivity index (χ2v) is 3.47. The molecule has 0 unspecified atom stereocenters. The first-order chi connectivity index (χ1) is 4.62. The fourth-order valence-electron chi connectivity index (χ4n) is 0.706. The Morgan fingerprint density at radius 1 is 1.40 bits per heavy atom. The first-order valence-electron chi connectivity index (χ1n) is 4.03. The summed E-state index contributed by atoms with van der Waals surface area (Å²) in [6.07, 6.45) is 1.16. The molecule has 0 aromatic carbocycles. The summed E-state index contributed by atoms with van der Waals surface area (Å²) < 4.78 is 0. The van der Waals surface area contributed by atoms with Crippen LogP contribution in [0.1, 0.15) is 27.2 Å². The Bertz CT molecular complexity index is 79.3. The molecule has 62 valence electrons. The normalized spacial score (nSPS) is 12.0. The Kier molecular flexibility index (Phi) is 4.65. The lowest BCUT2D eigenvalue weighted by molar-refractivity contribution is 0.341. The first kappa shape index (κ1) is 9.92. The van der Waals surface area contributed by atoms with E-state index in [1.807, 2.05) is 0 Å². The molecular formula is C8H20N2. The lowest BCUT2D eigenvalue weighted by Crippen LogP contribution is -2.28. The van der Waals surface area contributed by atoms with E-state index >= 15 is 0 Å². The van der Waals surface area contributed by atoms with Gasteiger partial charge in [-0.1, -0.05) is 20.8 Å². The summed E-state index contributed by atoms with van der Waals surface area (Å²) in [5.74, 6) is 0. The van der Waals surface area contributed by atoms with Crippen molar-refractivity contribution in [2.75, 3.05) is 19.6 Å². The predicted octanol–water partition coefficient (Wildman–Crippen LogP) is 0.971. The molecule has 3 N–H and O–H groups in total. The highest BCUT2D eigenvalue weighted by Crippen LogP contribution is 2.16. The van der Waals surface area contributed by atoms with Crippen LogP contribution >= 0.6 is 0 Å². The lowest BCUT2D eigenvalue weighted by Gasteiger charge is -2.21. The maximum Gasteiger partial charge on any atom is -0.00253 e. The summed E-state index contributed by atoms with van der Waals surface area (Å²) in [5, 5.41) is 3.28. The zero-order valence-electron chi connectivity index (χ0n) is 7.41. The van der Waals surface area contributed by atoms with Crippen molar-refractivity contribution in [3.63, 3.8) is 0 Å². The summed E-state index contributed by atoms with van der Waals surface area (Å²) in [6.45, 7) is 9.43. The third kappa shape index (κ3) is 4.77. The second-order valence-electron chi connectivity index (χ2n) is 3.47. The van der Waals surface area contributed by atoms with E-state index in [1.54, 1.807) is 0 Å². The zero-order valence-corrected chi connectivity index (χ0v) is 7.41. The summed E-state index contributed by atoms with van der Waals surface area (Å²) in [6, 6.07) is 0. The minimum Gasteiger partial charge on any atom is -0.330 e. The average Bonchev–Trinajstić information content (AvgIpc) is 1.89. The van der Waals surface area contributed by atoms with Crippen molar-refractivity contribution in [3.05, 3.63) is 0 Å². The van der Waals surface area contributed by atoms with Crippen molar-refractivity contribution in [2.24, 2.45) is 11.1 Å². The van der Waals surface area contributed by atoms with Gasteiger partial charge in [0.05, 0.1) is 0 Å². The van der Waals surface area contributed by atoms with Gasteiger partial charge in [-0.3, -0.25) is 0 Å². The molecule has 0 spiro atoms. The minimum absolute atomic E-state index is 0.308. The third-order valence-electron chi connectivity index (χ3n) is 1.78. The van der Waals surface area contributed by atoms with Crippen molar-refractivity contribution < 1.29 is 0 Å². The predicted molar refractivity (Wildman–Crippen MR) is 46.0 cm³/mol. The van der Waals surface area contributed by atoms with Crippen LogP contribution < -0.4 is 11.1 Å².